The first-order chi connectivity index (χ1) is 8.95. The van der Waals surface area contributed by atoms with E-state index in [1.54, 1.807) is 0 Å². The predicted molar refractivity (Wildman–Crippen MR) is 75.3 cm³/mol. The maximum atomic E-state index is 3.10. The summed E-state index contributed by atoms with van der Waals surface area (Å²) in [5, 5.41) is 0. The fourth-order valence-corrected chi connectivity index (χ4v) is 1.44. The summed E-state index contributed by atoms with van der Waals surface area (Å²) in [5.41, 5.74) is 1.06. The first-order valence-corrected chi connectivity index (χ1v) is 5.90. The zero-order valence-corrected chi connectivity index (χ0v) is 11.5. The van der Waals surface area contributed by atoms with E-state index < -0.39 is 0 Å². The summed E-state index contributed by atoms with van der Waals surface area (Å²) in [7, 11) is 0. The van der Waals surface area contributed by atoms with Crippen molar-refractivity contribution in [3.05, 3.63) is 99.6 Å². The van der Waals surface area contributed by atoms with E-state index in [1.165, 1.54) is 0 Å². The predicted octanol–water partition coefficient (Wildman–Crippen LogP) is 3.46. The van der Waals surface area contributed by atoms with Crippen molar-refractivity contribution >= 4 is 0 Å². The molecule has 0 bridgehead atoms. The molecule has 0 nitrogen and oxygen atoms in total. The second-order valence-corrected chi connectivity index (χ2v) is 3.75. The van der Waals surface area contributed by atoms with Gasteiger partial charge >= 0.3 is 17.1 Å². The summed E-state index contributed by atoms with van der Waals surface area (Å²) in [5.74, 6) is 7.26. The van der Waals surface area contributed by atoms with Crippen LogP contribution < -0.4 is 0 Å². The number of benzene rings is 1. The summed E-state index contributed by atoms with van der Waals surface area (Å²) in [6, 6.07) is 10.0. The number of rotatable bonds is 0. The average Bonchev–Trinajstić information content (AvgIpc) is 3.13. The topological polar surface area (TPSA) is 0 Å². The van der Waals surface area contributed by atoms with E-state index in [0.717, 1.165) is 11.5 Å². The molecule has 2 aliphatic rings. The van der Waals surface area contributed by atoms with Gasteiger partial charge in [0.05, 0.1) is 5.92 Å². The van der Waals surface area contributed by atoms with Gasteiger partial charge in [-0.15, -0.1) is 0 Å². The van der Waals surface area contributed by atoms with Crippen LogP contribution in [0.4, 0.5) is 0 Å². The molecule has 1 aromatic rings. The molecule has 0 aromatic heterocycles. The molecule has 0 atom stereocenters. The van der Waals surface area contributed by atoms with Gasteiger partial charge in [-0.25, -0.2) is 0 Å². The van der Waals surface area contributed by atoms with Crippen LogP contribution in [-0.4, -0.2) is 0 Å². The molecule has 0 aliphatic heterocycles. The Morgan fingerprint density at radius 2 is 1.11 bits per heavy atom. The summed E-state index contributed by atoms with van der Waals surface area (Å²) in [6.07, 6.45) is 18.0. The molecule has 10 radical (unpaired) electrons. The summed E-state index contributed by atoms with van der Waals surface area (Å²) >= 11 is 0. The molecule has 0 spiro atoms. The van der Waals surface area contributed by atoms with E-state index in [2.05, 4.69) is 11.8 Å². The van der Waals surface area contributed by atoms with Crippen LogP contribution >= 0.6 is 0 Å². The van der Waals surface area contributed by atoms with Crippen molar-refractivity contribution in [1.82, 2.24) is 0 Å². The van der Waals surface area contributed by atoms with E-state index in [0.29, 0.717) is 0 Å². The minimum Gasteiger partial charge on any atom is -0.0888 e. The normalized spacial score (nSPS) is 17.7. The Hall–Kier alpha value is -0.701. The first-order valence-electron chi connectivity index (χ1n) is 5.90. The van der Waals surface area contributed by atoms with Crippen molar-refractivity contribution in [1.29, 1.82) is 0 Å². The van der Waals surface area contributed by atoms with Crippen molar-refractivity contribution in [2.24, 2.45) is 0 Å². The second-order valence-electron chi connectivity index (χ2n) is 3.75. The van der Waals surface area contributed by atoms with Crippen molar-refractivity contribution in [3.8, 4) is 11.8 Å². The van der Waals surface area contributed by atoms with Gasteiger partial charge in [0.1, 0.15) is 0 Å². The third-order valence-corrected chi connectivity index (χ3v) is 2.34. The Labute approximate surface area is 128 Å². The first kappa shape index (κ1) is 16.4. The van der Waals surface area contributed by atoms with Crippen molar-refractivity contribution in [2.75, 3.05) is 0 Å². The van der Waals surface area contributed by atoms with Gasteiger partial charge in [-0.05, 0) is 69.9 Å². The summed E-state index contributed by atoms with van der Waals surface area (Å²) < 4.78 is 0. The van der Waals surface area contributed by atoms with Crippen molar-refractivity contribution in [2.45, 2.75) is 0 Å². The molecule has 1 aromatic carbocycles. The molecule has 0 amide bonds. The molecule has 2 aliphatic carbocycles. The van der Waals surface area contributed by atoms with E-state index in [1.807, 2.05) is 88.1 Å². The van der Waals surface area contributed by atoms with Crippen LogP contribution in [0.2, 0.25) is 0 Å². The zero-order valence-electron chi connectivity index (χ0n) is 10.4. The van der Waals surface area contributed by atoms with Crippen LogP contribution in [0.3, 0.4) is 0 Å². The SMILES string of the molecule is C(#Cc1ccccc1)[C]1[CH][CH][CH][CH]1.[CH]1[CH][CH][CH][CH]1.[Fe+2]. The van der Waals surface area contributed by atoms with Crippen molar-refractivity contribution in [3.63, 3.8) is 0 Å². The van der Waals surface area contributed by atoms with Crippen LogP contribution in [-0.2, 0) is 17.1 Å². The van der Waals surface area contributed by atoms with Crippen LogP contribution in [0.15, 0.2) is 30.3 Å². The molecule has 2 saturated carbocycles. The molecule has 19 heavy (non-hydrogen) atoms. The summed E-state index contributed by atoms with van der Waals surface area (Å²) in [4.78, 5) is 0. The molecule has 3 rings (SSSR count). The molecule has 0 heterocycles. The smallest absolute Gasteiger partial charge is 0.0888 e. The van der Waals surface area contributed by atoms with Gasteiger partial charge in [0.15, 0.2) is 0 Å². The van der Waals surface area contributed by atoms with E-state index in [4.69, 9.17) is 0 Å². The quantitative estimate of drug-likeness (QED) is 0.506. The largest absolute Gasteiger partial charge is 2.00 e. The number of hydrogen-bond acceptors (Lipinski definition) is 0. The maximum Gasteiger partial charge on any atom is 2.00 e. The van der Waals surface area contributed by atoms with Gasteiger partial charge in [-0.2, -0.15) is 0 Å². The molecule has 0 N–H and O–H groups in total. The minimum absolute atomic E-state index is 0. The van der Waals surface area contributed by atoms with Gasteiger partial charge in [0.2, 0.25) is 0 Å². The monoisotopic (exact) mass is 286 g/mol. The second kappa shape index (κ2) is 10.1. The molecule has 0 saturated heterocycles. The molecular formula is C18H14Fe+2. The van der Waals surface area contributed by atoms with E-state index in [-0.39, 0.29) is 17.1 Å². The van der Waals surface area contributed by atoms with E-state index in [9.17, 15) is 0 Å². The third-order valence-electron chi connectivity index (χ3n) is 2.34. The maximum absolute atomic E-state index is 3.10. The van der Waals surface area contributed by atoms with Crippen LogP contribution in [0, 0.1) is 75.5 Å². The Morgan fingerprint density at radius 3 is 1.63 bits per heavy atom. The molecule has 0 unspecified atom stereocenters. The standard InChI is InChI=1S/C13H9.C5H5.Fe/c1-2-6-12(7-3-1)10-11-13-8-4-5-9-13;1-2-4-5-3-1;/h1-9H;1-5H;/q;;+2. The summed E-state index contributed by atoms with van der Waals surface area (Å²) in [6.45, 7) is 0. The Morgan fingerprint density at radius 1 is 0.579 bits per heavy atom. The fraction of sp³-hybridized carbons (Fsp3) is 0. The Kier molecular flexibility index (Phi) is 8.72. The molecular weight excluding hydrogens is 272 g/mol. The van der Waals surface area contributed by atoms with Gasteiger partial charge in [0.25, 0.3) is 0 Å². The van der Waals surface area contributed by atoms with Gasteiger partial charge in [0, 0.05) is 5.56 Å². The molecule has 1 heteroatoms. The molecule has 2 fully saturated rings. The third kappa shape index (κ3) is 6.86. The molecule has 92 valence electrons. The number of hydrogen-bond donors (Lipinski definition) is 0. The minimum atomic E-state index is 0. The zero-order chi connectivity index (χ0) is 12.5. The van der Waals surface area contributed by atoms with E-state index >= 15 is 0 Å². The van der Waals surface area contributed by atoms with Crippen LogP contribution in [0.25, 0.3) is 0 Å². The van der Waals surface area contributed by atoms with Crippen LogP contribution in [0.5, 0.6) is 0 Å². The van der Waals surface area contributed by atoms with Gasteiger partial charge in [-0.3, -0.25) is 0 Å². The Balaban J connectivity index is 0.000000256. The van der Waals surface area contributed by atoms with Crippen LogP contribution in [0.1, 0.15) is 5.56 Å². The Bertz CT molecular complexity index is 368. The van der Waals surface area contributed by atoms with Gasteiger partial charge in [-0.1, -0.05) is 30.0 Å². The fourth-order valence-electron chi connectivity index (χ4n) is 1.44. The van der Waals surface area contributed by atoms with Crippen molar-refractivity contribution < 1.29 is 17.1 Å². The average molecular weight is 286 g/mol. The van der Waals surface area contributed by atoms with Gasteiger partial charge < -0.3 is 0 Å².